The Morgan fingerprint density at radius 3 is 2.39 bits per heavy atom. The second-order valence-corrected chi connectivity index (χ2v) is 6.67. The van der Waals surface area contributed by atoms with E-state index in [9.17, 15) is 0 Å². The molecule has 0 bridgehead atoms. The highest BCUT2D eigenvalue weighted by Crippen LogP contribution is 2.39. The van der Waals surface area contributed by atoms with Gasteiger partial charge in [0.2, 0.25) is 0 Å². The molecule has 0 N–H and O–H groups in total. The standard InChI is InChI=1S/C14H10Br2Cl2/c1-8-2-5-12(15)11(6-8)14(16)10-4-3-9(17)7-13(10)18/h2-7,14H,1H3. The summed E-state index contributed by atoms with van der Waals surface area (Å²) < 4.78 is 1.06. The van der Waals surface area contributed by atoms with Crippen molar-refractivity contribution in [3.05, 3.63) is 67.6 Å². The molecule has 0 radical (unpaired) electrons. The van der Waals surface area contributed by atoms with Crippen LogP contribution in [0.1, 0.15) is 21.5 Å². The summed E-state index contributed by atoms with van der Waals surface area (Å²) in [6.45, 7) is 2.07. The topological polar surface area (TPSA) is 0 Å². The van der Waals surface area contributed by atoms with Gasteiger partial charge in [0.05, 0.1) is 4.83 Å². The number of rotatable bonds is 2. The van der Waals surface area contributed by atoms with Gasteiger partial charge in [-0.3, -0.25) is 0 Å². The molecule has 0 fully saturated rings. The van der Waals surface area contributed by atoms with Gasteiger partial charge in [-0.05, 0) is 36.2 Å². The van der Waals surface area contributed by atoms with E-state index < -0.39 is 0 Å². The summed E-state index contributed by atoms with van der Waals surface area (Å²) in [6.07, 6.45) is 0. The van der Waals surface area contributed by atoms with E-state index in [-0.39, 0.29) is 4.83 Å². The minimum atomic E-state index is 0.0385. The molecule has 94 valence electrons. The molecule has 4 heteroatoms. The zero-order chi connectivity index (χ0) is 13.3. The first-order chi connectivity index (χ1) is 8.49. The summed E-state index contributed by atoms with van der Waals surface area (Å²) in [5.41, 5.74) is 3.37. The van der Waals surface area contributed by atoms with Crippen LogP contribution >= 0.6 is 55.1 Å². The fourth-order valence-corrected chi connectivity index (χ4v) is 3.94. The van der Waals surface area contributed by atoms with Crippen LogP contribution in [0.2, 0.25) is 10.0 Å². The number of hydrogen-bond acceptors (Lipinski definition) is 0. The van der Waals surface area contributed by atoms with Gasteiger partial charge >= 0.3 is 0 Å². The van der Waals surface area contributed by atoms with Crippen molar-refractivity contribution in [1.82, 2.24) is 0 Å². The van der Waals surface area contributed by atoms with Crippen LogP contribution < -0.4 is 0 Å². The lowest BCUT2D eigenvalue weighted by molar-refractivity contribution is 1.15. The Labute approximate surface area is 134 Å². The van der Waals surface area contributed by atoms with Crippen LogP contribution in [0.5, 0.6) is 0 Å². The van der Waals surface area contributed by atoms with Gasteiger partial charge < -0.3 is 0 Å². The summed E-state index contributed by atoms with van der Waals surface area (Å²) in [4.78, 5) is 0.0385. The second kappa shape index (κ2) is 5.96. The lowest BCUT2D eigenvalue weighted by Crippen LogP contribution is -1.96. The Kier molecular flexibility index (Phi) is 4.76. The average molecular weight is 409 g/mol. The molecular weight excluding hydrogens is 399 g/mol. The maximum Gasteiger partial charge on any atom is 0.0670 e. The molecule has 1 unspecified atom stereocenters. The quantitative estimate of drug-likeness (QED) is 0.494. The maximum atomic E-state index is 6.24. The van der Waals surface area contributed by atoms with Crippen molar-refractivity contribution in [3.63, 3.8) is 0 Å². The van der Waals surface area contributed by atoms with Crippen LogP contribution in [0.4, 0.5) is 0 Å². The predicted molar refractivity (Wildman–Crippen MR) is 86.1 cm³/mol. The Hall–Kier alpha value is -0.0200. The van der Waals surface area contributed by atoms with Gasteiger partial charge in [-0.15, -0.1) is 0 Å². The SMILES string of the molecule is Cc1ccc(Br)c(C(Br)c2ccc(Cl)cc2Cl)c1. The Morgan fingerprint density at radius 1 is 1.00 bits per heavy atom. The number of alkyl halides is 1. The van der Waals surface area contributed by atoms with Crippen LogP contribution in [0.15, 0.2) is 40.9 Å². The van der Waals surface area contributed by atoms with E-state index in [1.165, 1.54) is 5.56 Å². The van der Waals surface area contributed by atoms with Gasteiger partial charge in [0, 0.05) is 14.5 Å². The van der Waals surface area contributed by atoms with Crippen LogP contribution in [0, 0.1) is 6.92 Å². The van der Waals surface area contributed by atoms with Crippen molar-refractivity contribution in [2.75, 3.05) is 0 Å². The Morgan fingerprint density at radius 2 is 1.72 bits per heavy atom. The molecule has 0 spiro atoms. The molecule has 0 nitrogen and oxygen atoms in total. The molecule has 0 aromatic heterocycles. The first kappa shape index (κ1) is 14.4. The minimum absolute atomic E-state index is 0.0385. The van der Waals surface area contributed by atoms with Crippen molar-refractivity contribution in [2.24, 2.45) is 0 Å². The third-order valence-electron chi connectivity index (χ3n) is 2.66. The molecule has 18 heavy (non-hydrogen) atoms. The van der Waals surface area contributed by atoms with Gasteiger partial charge in [-0.2, -0.15) is 0 Å². The first-order valence-corrected chi connectivity index (χ1v) is 7.80. The molecular formula is C14H10Br2Cl2. The molecule has 2 rings (SSSR count). The third-order valence-corrected chi connectivity index (χ3v) is 4.93. The van der Waals surface area contributed by atoms with E-state index >= 15 is 0 Å². The number of halogens is 4. The van der Waals surface area contributed by atoms with Gasteiger partial charge in [0.15, 0.2) is 0 Å². The lowest BCUT2D eigenvalue weighted by atomic mass is 10.0. The van der Waals surface area contributed by atoms with E-state index in [1.54, 1.807) is 6.07 Å². The van der Waals surface area contributed by atoms with Gasteiger partial charge in [0.1, 0.15) is 0 Å². The third kappa shape index (κ3) is 3.11. The highest BCUT2D eigenvalue weighted by Gasteiger charge is 2.16. The van der Waals surface area contributed by atoms with Crippen molar-refractivity contribution in [3.8, 4) is 0 Å². The molecule has 0 saturated heterocycles. The average Bonchev–Trinajstić information content (AvgIpc) is 2.31. The molecule has 0 amide bonds. The monoisotopic (exact) mass is 406 g/mol. The van der Waals surface area contributed by atoms with Crippen LogP contribution in [-0.2, 0) is 0 Å². The molecule has 2 aromatic carbocycles. The molecule has 0 heterocycles. The van der Waals surface area contributed by atoms with Crippen LogP contribution in [0.3, 0.4) is 0 Å². The predicted octanol–water partition coefficient (Wildman–Crippen LogP) is 6.55. The van der Waals surface area contributed by atoms with E-state index in [4.69, 9.17) is 23.2 Å². The van der Waals surface area contributed by atoms with Crippen LogP contribution in [0.25, 0.3) is 0 Å². The fourth-order valence-electron chi connectivity index (χ4n) is 1.73. The highest BCUT2D eigenvalue weighted by molar-refractivity contribution is 9.11. The van der Waals surface area contributed by atoms with Crippen LogP contribution in [-0.4, -0.2) is 0 Å². The molecule has 2 aromatic rings. The normalized spacial score (nSPS) is 12.5. The zero-order valence-corrected chi connectivity index (χ0v) is 14.2. The van der Waals surface area contributed by atoms with Crippen molar-refractivity contribution >= 4 is 55.1 Å². The van der Waals surface area contributed by atoms with E-state index in [1.807, 2.05) is 18.2 Å². The number of aryl methyl sites for hydroxylation is 1. The Balaban J connectivity index is 2.47. The highest BCUT2D eigenvalue weighted by atomic mass is 79.9. The fraction of sp³-hybridized carbons (Fsp3) is 0.143. The molecule has 0 saturated carbocycles. The molecule has 0 aliphatic heterocycles. The van der Waals surface area contributed by atoms with Gasteiger partial charge in [0.25, 0.3) is 0 Å². The molecule has 0 aliphatic carbocycles. The summed E-state index contributed by atoms with van der Waals surface area (Å²) in [6, 6.07) is 11.8. The second-order valence-electron chi connectivity index (χ2n) is 4.05. The van der Waals surface area contributed by atoms with Gasteiger partial charge in [-0.1, -0.05) is 78.8 Å². The van der Waals surface area contributed by atoms with E-state index in [2.05, 4.69) is 50.9 Å². The van der Waals surface area contributed by atoms with Crippen molar-refractivity contribution in [2.45, 2.75) is 11.8 Å². The lowest BCUT2D eigenvalue weighted by Gasteiger charge is -2.15. The number of benzene rings is 2. The van der Waals surface area contributed by atoms with E-state index in [0.29, 0.717) is 10.0 Å². The summed E-state index contributed by atoms with van der Waals surface area (Å²) >= 11 is 19.4. The van der Waals surface area contributed by atoms with Gasteiger partial charge in [-0.25, -0.2) is 0 Å². The minimum Gasteiger partial charge on any atom is -0.0843 e. The Bertz CT molecular complexity index is 582. The summed E-state index contributed by atoms with van der Waals surface area (Å²) in [5.74, 6) is 0. The smallest absolute Gasteiger partial charge is 0.0670 e. The van der Waals surface area contributed by atoms with E-state index in [0.717, 1.165) is 15.6 Å². The van der Waals surface area contributed by atoms with Crippen molar-refractivity contribution < 1.29 is 0 Å². The maximum absolute atomic E-state index is 6.24. The molecule has 0 aliphatic rings. The summed E-state index contributed by atoms with van der Waals surface area (Å²) in [5, 5.41) is 1.31. The largest absolute Gasteiger partial charge is 0.0843 e. The summed E-state index contributed by atoms with van der Waals surface area (Å²) in [7, 11) is 0. The zero-order valence-electron chi connectivity index (χ0n) is 9.55. The first-order valence-electron chi connectivity index (χ1n) is 5.34. The van der Waals surface area contributed by atoms with Crippen molar-refractivity contribution in [1.29, 1.82) is 0 Å². The molecule has 1 atom stereocenters. The number of hydrogen-bond donors (Lipinski definition) is 0.